The van der Waals surface area contributed by atoms with E-state index in [4.69, 9.17) is 25.4 Å². The molecule has 3 heterocycles. The van der Waals surface area contributed by atoms with Crippen LogP contribution in [0.25, 0.3) is 22.3 Å². The second-order valence-electron chi connectivity index (χ2n) is 25.7. The molecule has 2 atom stereocenters. The zero-order valence-corrected chi connectivity index (χ0v) is 50.1. The van der Waals surface area contributed by atoms with Gasteiger partial charge in [-0.3, -0.25) is 19.1 Å². The van der Waals surface area contributed by atoms with Gasteiger partial charge in [-0.1, -0.05) is 87.8 Å². The molecular formula is C61H90N8O5Si2. The zero-order chi connectivity index (χ0) is 54.6. The number of nitrogens with one attached hydrogen (secondary N) is 1. The first kappa shape index (κ1) is 57.4. The van der Waals surface area contributed by atoms with E-state index in [2.05, 4.69) is 99.9 Å². The highest BCUT2D eigenvalue weighted by Gasteiger charge is 2.49. The van der Waals surface area contributed by atoms with Crippen LogP contribution in [0.4, 0.5) is 0 Å². The van der Waals surface area contributed by atoms with Crippen molar-refractivity contribution in [2.24, 2.45) is 41.2 Å². The van der Waals surface area contributed by atoms with Crippen LogP contribution in [0.3, 0.4) is 0 Å². The van der Waals surface area contributed by atoms with Gasteiger partial charge in [0.2, 0.25) is 0 Å². The summed E-state index contributed by atoms with van der Waals surface area (Å²) in [6.07, 6.45) is 12.0. The molecule has 0 spiro atoms. The third kappa shape index (κ3) is 15.3. The first-order valence-corrected chi connectivity index (χ1v) is 36.1. The number of Topliss-reactive ketones (excluding diaryl/α,β-unsaturated/α-hetero) is 2. The number of hydrogen-bond acceptors (Lipinski definition) is 9. The number of carbonyl (C=O) groups excluding carboxylic acids is 3. The largest absolute Gasteiger partial charge is 0.360 e. The number of carbonyl (C=O) groups is 3. The second kappa shape index (κ2) is 24.5. The van der Waals surface area contributed by atoms with Gasteiger partial charge in [0.15, 0.2) is 11.6 Å². The van der Waals surface area contributed by atoms with Crippen LogP contribution in [0.15, 0.2) is 60.8 Å². The standard InChI is InChI=1S/C34H49N5O3Si.C27H41N3O2Si/c1-22(2)39-29(16-17-35-39)34(41)36-33(32(27-12-13-27)28-14-15-28)30(40)20-25-8-10-26(11-9-25)31-23(3)37-38(24(31)4)21-42-18-19-43(5,6)7;1-18-25(19(2)30(29-18)17-32-14-15-33(3,4)5)21-8-6-20(7-9-21)16-24(31)27(28)26(22-10-11-22)23-12-13-23/h8-11,16-17,22,27-28,32-33H,12-15,18-21H2,1-7H3,(H,36,41);6-9,22-23,26-27H,10-17,28H2,1-5H3/t33-;27-/m11/s1. The maximum absolute atomic E-state index is 13.9. The lowest BCUT2D eigenvalue weighted by Crippen LogP contribution is -2.48. The number of amides is 1. The molecule has 4 fully saturated rings. The van der Waals surface area contributed by atoms with Crippen LogP contribution in [0.5, 0.6) is 0 Å². The smallest absolute Gasteiger partial charge is 0.270 e. The lowest BCUT2D eigenvalue weighted by Gasteiger charge is -2.27. The summed E-state index contributed by atoms with van der Waals surface area (Å²) in [5, 5.41) is 17.0. The number of hydrogen-bond donors (Lipinski definition) is 2. The highest BCUT2D eigenvalue weighted by atomic mass is 28.3. The lowest BCUT2D eigenvalue weighted by molar-refractivity contribution is -0.122. The summed E-state index contributed by atoms with van der Waals surface area (Å²) in [5.41, 5.74) is 17.6. The number of ether oxygens (including phenoxy) is 2. The molecular weight excluding hydrogens is 981 g/mol. The molecule has 412 valence electrons. The SMILES string of the molecule is Cc1nn(COCC[Si](C)(C)C)c(C)c1-c1ccc(CC(=O)[C@@H](N)C(C2CC2)C2CC2)cc1.Cc1nn(COCC[Si](C)(C)C)c(C)c1-c1ccc(CC(=O)[C@@H](NC(=O)c2ccnn2C(C)C)C(C2CC2)C2CC2)cc1. The van der Waals surface area contributed by atoms with E-state index in [9.17, 15) is 14.4 Å². The van der Waals surface area contributed by atoms with Crippen LogP contribution in [0, 0.1) is 63.2 Å². The molecule has 2 aromatic carbocycles. The van der Waals surface area contributed by atoms with Gasteiger partial charge in [-0.2, -0.15) is 15.3 Å². The van der Waals surface area contributed by atoms with Crippen molar-refractivity contribution < 1.29 is 23.9 Å². The molecule has 0 unspecified atom stereocenters. The third-order valence-corrected chi connectivity index (χ3v) is 19.7. The number of nitrogens with zero attached hydrogens (tertiary/aromatic N) is 6. The highest BCUT2D eigenvalue weighted by Crippen LogP contribution is 2.52. The second-order valence-corrected chi connectivity index (χ2v) is 36.9. The maximum Gasteiger partial charge on any atom is 0.270 e. The molecule has 0 saturated heterocycles. The van der Waals surface area contributed by atoms with Gasteiger partial charge >= 0.3 is 0 Å². The van der Waals surface area contributed by atoms with Gasteiger partial charge in [-0.25, -0.2) is 9.36 Å². The number of rotatable bonds is 27. The predicted octanol–water partition coefficient (Wildman–Crippen LogP) is 12.0. The van der Waals surface area contributed by atoms with Gasteiger partial charge in [-0.05, 0) is 169 Å². The minimum Gasteiger partial charge on any atom is -0.360 e. The normalized spacial score (nSPS) is 16.8. The quantitative estimate of drug-likeness (QED) is 0.0385. The lowest BCUT2D eigenvalue weighted by atomic mass is 9.85. The van der Waals surface area contributed by atoms with E-state index >= 15 is 0 Å². The van der Waals surface area contributed by atoms with Gasteiger partial charge in [-0.15, -0.1) is 0 Å². The van der Waals surface area contributed by atoms with Crippen LogP contribution >= 0.6 is 0 Å². The molecule has 76 heavy (non-hydrogen) atoms. The molecule has 13 nitrogen and oxygen atoms in total. The fraction of sp³-hybridized carbons (Fsp3) is 0.607. The van der Waals surface area contributed by atoms with Crippen LogP contribution in [-0.4, -0.2) is 88.3 Å². The summed E-state index contributed by atoms with van der Waals surface area (Å²) in [7, 11) is -2.22. The Morgan fingerprint density at radius 1 is 0.618 bits per heavy atom. The number of aromatic nitrogens is 6. The maximum atomic E-state index is 13.9. The van der Waals surface area contributed by atoms with E-state index in [1.807, 2.05) is 49.2 Å². The van der Waals surface area contributed by atoms with Crippen LogP contribution in [0.2, 0.25) is 51.4 Å². The molecule has 3 N–H and O–H groups in total. The number of benzene rings is 2. The van der Waals surface area contributed by atoms with E-state index in [1.54, 1.807) is 16.9 Å². The molecule has 4 saturated carbocycles. The Morgan fingerprint density at radius 2 is 1.03 bits per heavy atom. The topological polar surface area (TPSA) is 161 Å². The molecule has 0 bridgehead atoms. The Labute approximate surface area is 455 Å². The van der Waals surface area contributed by atoms with Crippen LogP contribution in [0.1, 0.15) is 116 Å². The zero-order valence-electron chi connectivity index (χ0n) is 48.1. The number of ketones is 2. The Hall–Kier alpha value is -4.81. The molecule has 4 aliphatic rings. The number of aryl methyl sites for hydroxylation is 2. The average Bonchev–Trinajstić information content (AvgIpc) is 4.13. The molecule has 15 heteroatoms. The Morgan fingerprint density at radius 3 is 1.42 bits per heavy atom. The van der Waals surface area contributed by atoms with Crippen molar-refractivity contribution in [2.45, 2.75) is 189 Å². The van der Waals surface area contributed by atoms with E-state index < -0.39 is 22.2 Å². The van der Waals surface area contributed by atoms with E-state index in [-0.39, 0.29) is 35.5 Å². The summed E-state index contributed by atoms with van der Waals surface area (Å²) >= 11 is 0. The van der Waals surface area contributed by atoms with Gasteiger partial charge in [0.1, 0.15) is 19.2 Å². The Bertz CT molecular complexity index is 2740. The van der Waals surface area contributed by atoms with Crippen molar-refractivity contribution in [2.75, 3.05) is 13.2 Å². The van der Waals surface area contributed by atoms with Crippen molar-refractivity contribution in [1.82, 2.24) is 34.7 Å². The summed E-state index contributed by atoms with van der Waals surface area (Å²) < 4.78 is 17.5. The van der Waals surface area contributed by atoms with E-state index in [0.717, 1.165) is 107 Å². The average molecular weight is 1070 g/mol. The Kier molecular flexibility index (Phi) is 18.5. The van der Waals surface area contributed by atoms with Gasteiger partial charge in [0, 0.05) is 77.0 Å². The molecule has 9 rings (SSSR count). The summed E-state index contributed by atoms with van der Waals surface area (Å²) in [6.45, 7) is 28.9. The highest BCUT2D eigenvalue weighted by molar-refractivity contribution is 6.76. The van der Waals surface area contributed by atoms with Crippen LogP contribution < -0.4 is 11.1 Å². The first-order chi connectivity index (χ1) is 36.1. The fourth-order valence-electron chi connectivity index (χ4n) is 11.3. The van der Waals surface area contributed by atoms with Gasteiger partial charge in [0.25, 0.3) is 5.91 Å². The third-order valence-electron chi connectivity index (χ3n) is 16.3. The Balaban J connectivity index is 0.000000209. The summed E-state index contributed by atoms with van der Waals surface area (Å²) in [6, 6.07) is 20.0. The molecule has 0 aliphatic heterocycles. The molecule has 4 aliphatic carbocycles. The molecule has 3 aromatic heterocycles. The predicted molar refractivity (Wildman–Crippen MR) is 310 cm³/mol. The number of nitrogens with two attached hydrogens (primary N) is 1. The molecule has 1 amide bonds. The van der Waals surface area contributed by atoms with Crippen molar-refractivity contribution in [3.05, 3.63) is 100 Å². The van der Waals surface area contributed by atoms with Crippen molar-refractivity contribution in [3.63, 3.8) is 0 Å². The minimum atomic E-state index is -1.13. The van der Waals surface area contributed by atoms with E-state index in [0.29, 0.717) is 61.6 Å². The van der Waals surface area contributed by atoms with Gasteiger partial charge < -0.3 is 20.5 Å². The first-order valence-electron chi connectivity index (χ1n) is 28.6. The van der Waals surface area contributed by atoms with Crippen molar-refractivity contribution >= 4 is 33.6 Å². The van der Waals surface area contributed by atoms with Crippen molar-refractivity contribution in [3.8, 4) is 22.3 Å². The van der Waals surface area contributed by atoms with E-state index in [1.165, 1.54) is 25.7 Å². The monoisotopic (exact) mass is 1070 g/mol. The molecule has 5 aromatic rings. The van der Waals surface area contributed by atoms with Crippen LogP contribution in [-0.2, 0) is 45.4 Å². The fourth-order valence-corrected chi connectivity index (χ4v) is 12.8. The minimum absolute atomic E-state index is 0.0629. The van der Waals surface area contributed by atoms with Crippen molar-refractivity contribution in [1.29, 1.82) is 0 Å². The summed E-state index contributed by atoms with van der Waals surface area (Å²) in [5.74, 6) is 3.16. The molecule has 0 radical (unpaired) electrons. The summed E-state index contributed by atoms with van der Waals surface area (Å²) in [4.78, 5) is 40.3. The van der Waals surface area contributed by atoms with Gasteiger partial charge in [0.05, 0.1) is 23.5 Å².